The number of ether oxygens (including phenoxy) is 8. The second-order valence-electron chi connectivity index (χ2n) is 27.7. The first kappa shape index (κ1) is 95.7. The highest BCUT2D eigenvalue weighted by Gasteiger charge is 2.29. The third kappa shape index (κ3) is 23.9. The standard InChI is InChI=1S/C31H31ClN2O7.C29H27ClN2O7.C19H20ClNO6.C11H12N2O2.ClH/c1-5-41-31(38)26-14-20-12-19(6-9-25(20)33-26)13-28(36)27(10-11-39-3)34-17-29(40-4)24(16-30(34)37)23-15-21(32)7-8-22(23)18(2)35;1-16(33)20-6-5-19(30)13-21(20)22-14-28(35)32(15-27(22)39-3)25(8-9-38-2)26(34)11-17-4-7-23-18(10-17)12-24(31-23)29(36)37;1-11(22)13-5-4-12(20)8-14(13)15-9-18(23)21(10-17(15)27-3)16(19(24)25)6-7-26-2;1-2-15-11(14)10-6-7-5-8(12)3-4-9(7)13-10;/h6-9,12,14-17,27,33H,5,10-11,13H2,1-4H3;4-7,10,12-15,25,31H,8-9,11H2,1-3H3,(H,36,37);4-5,8-10,16H,6-7H2,1-3H3,(H,24,25);3-6,13H,2,12H2,1H3;1H. The van der Waals surface area contributed by atoms with Crippen LogP contribution in [0.5, 0.6) is 17.2 Å². The number of methoxy groups -OCH3 is 6. The average molecular weight is 1760 g/mol. The lowest BCUT2D eigenvalue weighted by Crippen LogP contribution is -2.31. The number of nitrogens with zero attached hydrogens (tertiary/aromatic N) is 3. The van der Waals surface area contributed by atoms with E-state index in [1.165, 1.54) is 115 Å². The van der Waals surface area contributed by atoms with Crippen molar-refractivity contribution in [2.75, 3.05) is 81.4 Å². The third-order valence-electron chi connectivity index (χ3n) is 19.6. The summed E-state index contributed by atoms with van der Waals surface area (Å²) < 4.78 is 45.6. The van der Waals surface area contributed by atoms with Crippen molar-refractivity contribution in [3.63, 3.8) is 0 Å². The molecule has 12 aromatic rings. The molecule has 0 radical (unpaired) electrons. The van der Waals surface area contributed by atoms with E-state index in [2.05, 4.69) is 15.0 Å². The minimum absolute atomic E-state index is 0. The number of Topliss-reactive ketones (excluding diaryl/α,β-unsaturated/α-hetero) is 5. The number of nitrogens with two attached hydrogens (primary N) is 1. The van der Waals surface area contributed by atoms with E-state index >= 15 is 0 Å². The molecule has 0 bridgehead atoms. The molecule has 0 fully saturated rings. The largest absolute Gasteiger partial charge is 0.495 e. The van der Waals surface area contributed by atoms with Crippen LogP contribution in [-0.4, -0.2) is 167 Å². The molecular weight excluding hydrogens is 1670 g/mol. The van der Waals surface area contributed by atoms with Crippen LogP contribution in [-0.2, 0) is 50.9 Å². The van der Waals surface area contributed by atoms with Crippen LogP contribution >= 0.6 is 47.2 Å². The lowest BCUT2D eigenvalue weighted by atomic mass is 9.96. The van der Waals surface area contributed by atoms with Crippen LogP contribution in [0.25, 0.3) is 66.1 Å². The monoisotopic (exact) mass is 1760 g/mol. The van der Waals surface area contributed by atoms with Crippen LogP contribution in [0.1, 0.15) is 146 Å². The highest BCUT2D eigenvalue weighted by molar-refractivity contribution is 6.32. The number of carboxylic acid groups (broad SMARTS) is 2. The quantitative estimate of drug-likeness (QED) is 0.0126. The number of nitrogens with one attached hydrogen (secondary N) is 3. The fraction of sp³-hybridized carbons (Fsp3) is 0.267. The number of ketones is 5. The number of carbonyl (C=O) groups is 9. The summed E-state index contributed by atoms with van der Waals surface area (Å²) in [6.45, 7) is 9.06. The molecule has 7 N–H and O–H groups in total. The molecule has 6 aromatic carbocycles. The molecule has 0 saturated heterocycles. The Morgan fingerprint density at radius 2 is 0.724 bits per heavy atom. The number of aromatic amines is 3. The summed E-state index contributed by atoms with van der Waals surface area (Å²) in [5.41, 5.74) is 13.0. The number of carboxylic acids is 2. The number of aromatic nitrogens is 6. The summed E-state index contributed by atoms with van der Waals surface area (Å²) in [6.07, 6.45) is 4.95. The van der Waals surface area contributed by atoms with Gasteiger partial charge in [-0.25, -0.2) is 19.2 Å². The van der Waals surface area contributed by atoms with Gasteiger partial charge in [-0.2, -0.15) is 0 Å². The Morgan fingerprint density at radius 3 is 1.04 bits per heavy atom. The summed E-state index contributed by atoms with van der Waals surface area (Å²) in [4.78, 5) is 158. The zero-order valence-electron chi connectivity index (χ0n) is 68.9. The number of aromatic carboxylic acids is 1. The first-order valence-electron chi connectivity index (χ1n) is 38.1. The Bertz CT molecular complexity index is 6140. The smallest absolute Gasteiger partial charge is 0.354 e. The Morgan fingerprint density at radius 1 is 0.407 bits per heavy atom. The van der Waals surface area contributed by atoms with Crippen molar-refractivity contribution in [3.8, 4) is 50.6 Å². The lowest BCUT2D eigenvalue weighted by molar-refractivity contribution is -0.141. The molecule has 0 aliphatic rings. The predicted molar refractivity (Wildman–Crippen MR) is 470 cm³/mol. The van der Waals surface area contributed by atoms with Gasteiger partial charge in [0.05, 0.1) is 65.2 Å². The maximum atomic E-state index is 13.6. The SMILES string of the molecule is CCOC(=O)c1cc2cc(CC(=O)C(CCOC)n3cc(OC)c(-c4cc(Cl)ccc4C(C)=O)cc3=O)ccc2[nH]1.CCOC(=O)c1cc2cc(N)ccc2[nH]1.COCCC(C(=O)Cc1ccc2[nH]c(C(=O)O)cc2c1)n1cc(OC)c(-c2cc(Cl)ccc2C(C)=O)cc1=O.COCCC(C(=O)O)n1cc(OC)c(-c2cc(Cl)ccc2C(C)=O)cc1=O.Cl. The number of aliphatic carboxylic acids is 1. The maximum Gasteiger partial charge on any atom is 0.354 e. The highest BCUT2D eigenvalue weighted by atomic mass is 35.5. The maximum absolute atomic E-state index is 13.6. The van der Waals surface area contributed by atoms with E-state index in [0.717, 1.165) is 31.9 Å². The molecule has 33 heteroatoms. The molecule has 3 unspecified atom stereocenters. The number of H-pyrrole nitrogens is 3. The number of rotatable bonds is 33. The fourth-order valence-corrected chi connectivity index (χ4v) is 14.2. The van der Waals surface area contributed by atoms with E-state index in [0.29, 0.717) is 117 Å². The van der Waals surface area contributed by atoms with Crippen LogP contribution in [0.2, 0.25) is 15.1 Å². The van der Waals surface area contributed by atoms with Gasteiger partial charge in [0.2, 0.25) is 0 Å². The van der Waals surface area contributed by atoms with Crippen LogP contribution in [0.15, 0.2) is 179 Å². The molecule has 0 aliphatic carbocycles. The van der Waals surface area contributed by atoms with Gasteiger partial charge >= 0.3 is 23.9 Å². The van der Waals surface area contributed by atoms with Gasteiger partial charge in [0.1, 0.15) is 40.4 Å². The van der Waals surface area contributed by atoms with Gasteiger partial charge in [-0.05, 0) is 191 Å². The van der Waals surface area contributed by atoms with Gasteiger partial charge in [0, 0.05) is 165 Å². The summed E-state index contributed by atoms with van der Waals surface area (Å²) in [6, 6.07) is 36.5. The number of halogens is 4. The second kappa shape index (κ2) is 44.2. The average Bonchev–Trinajstić information content (AvgIpc) is 1.68. The summed E-state index contributed by atoms with van der Waals surface area (Å²) in [5.74, 6) is -3.19. The van der Waals surface area contributed by atoms with E-state index < -0.39 is 52.7 Å². The van der Waals surface area contributed by atoms with Gasteiger partial charge in [-0.1, -0.05) is 46.9 Å². The minimum atomic E-state index is -1.16. The van der Waals surface area contributed by atoms with E-state index in [1.54, 1.807) is 117 Å². The Hall–Kier alpha value is -12.7. The molecule has 0 saturated carbocycles. The topological polar surface area (TPSA) is 407 Å². The lowest BCUT2D eigenvalue weighted by Gasteiger charge is -2.21. The molecule has 6 aromatic heterocycles. The second-order valence-corrected chi connectivity index (χ2v) is 29.1. The summed E-state index contributed by atoms with van der Waals surface area (Å²) in [7, 11) is 8.78. The number of carbonyl (C=O) groups excluding carboxylic acids is 7. The summed E-state index contributed by atoms with van der Waals surface area (Å²) >= 11 is 18.5. The van der Waals surface area contributed by atoms with Crippen molar-refractivity contribution in [1.82, 2.24) is 28.7 Å². The van der Waals surface area contributed by atoms with Crippen molar-refractivity contribution >= 4 is 138 Å². The van der Waals surface area contributed by atoms with Gasteiger partial charge in [-0.15, -0.1) is 12.4 Å². The number of fused-ring (bicyclic) bond motifs is 3. The number of nitrogen functional groups attached to an aromatic ring is 1. The molecule has 3 atom stereocenters. The first-order chi connectivity index (χ1) is 58.3. The predicted octanol–water partition coefficient (Wildman–Crippen LogP) is 15.8. The van der Waals surface area contributed by atoms with Crippen molar-refractivity contribution in [2.24, 2.45) is 0 Å². The molecular formula is C90H91Cl4N7O22. The molecule has 29 nitrogen and oxygen atoms in total. The Kier molecular flexibility index (Phi) is 34.4. The Balaban J connectivity index is 0.000000213. The van der Waals surface area contributed by atoms with E-state index in [4.69, 9.17) is 78.4 Å². The van der Waals surface area contributed by atoms with Crippen LogP contribution in [0.4, 0.5) is 5.69 Å². The number of esters is 2. The molecule has 6 heterocycles. The van der Waals surface area contributed by atoms with Crippen molar-refractivity contribution in [2.45, 2.75) is 84.8 Å². The van der Waals surface area contributed by atoms with Crippen LogP contribution in [0, 0.1) is 0 Å². The zero-order valence-corrected chi connectivity index (χ0v) is 72.0. The van der Waals surface area contributed by atoms with Gasteiger partial charge in [-0.3, -0.25) is 42.9 Å². The normalized spacial score (nSPS) is 11.6. The number of hydrogen-bond donors (Lipinski definition) is 6. The van der Waals surface area contributed by atoms with Crippen molar-refractivity contribution in [1.29, 1.82) is 0 Å². The van der Waals surface area contributed by atoms with E-state index in [1.807, 2.05) is 18.2 Å². The minimum Gasteiger partial charge on any atom is -0.495 e. The number of anilines is 1. The Labute approximate surface area is 726 Å². The summed E-state index contributed by atoms with van der Waals surface area (Å²) in [5, 5.41) is 22.2. The van der Waals surface area contributed by atoms with E-state index in [-0.39, 0.29) is 117 Å². The first-order valence-corrected chi connectivity index (χ1v) is 39.2. The van der Waals surface area contributed by atoms with Gasteiger partial charge < -0.3 is 77.9 Å². The molecule has 0 amide bonds. The van der Waals surface area contributed by atoms with Crippen LogP contribution in [0.3, 0.4) is 0 Å². The van der Waals surface area contributed by atoms with Crippen molar-refractivity contribution in [3.05, 3.63) is 255 Å². The van der Waals surface area contributed by atoms with Crippen LogP contribution < -0.4 is 36.6 Å². The number of benzene rings is 6. The van der Waals surface area contributed by atoms with Crippen molar-refractivity contribution < 1.29 is 91.3 Å². The van der Waals surface area contributed by atoms with Gasteiger partial charge in [0.15, 0.2) is 28.9 Å². The molecule has 12 rings (SSSR count). The third-order valence-corrected chi connectivity index (χ3v) is 20.3. The fourth-order valence-electron chi connectivity index (χ4n) is 13.7. The van der Waals surface area contributed by atoms with E-state index in [9.17, 15) is 67.7 Å². The highest BCUT2D eigenvalue weighted by Crippen LogP contribution is 2.39. The molecule has 123 heavy (non-hydrogen) atoms. The molecule has 646 valence electrons. The molecule has 0 aliphatic heterocycles. The van der Waals surface area contributed by atoms with Gasteiger partial charge in [0.25, 0.3) is 16.7 Å². The molecule has 0 spiro atoms. The zero-order chi connectivity index (χ0) is 88.9. The number of hydrogen-bond acceptors (Lipinski definition) is 21. The number of pyridine rings is 3.